The maximum absolute atomic E-state index is 12.6. The van der Waals surface area contributed by atoms with Gasteiger partial charge in [0, 0.05) is 13.6 Å². The Bertz CT molecular complexity index is 612. The Morgan fingerprint density at radius 3 is 2.35 bits per heavy atom. The molecule has 3 N–H and O–H groups in total. The SMILES string of the molecule is CCN(CC(=O)NC)S(=O)(=O)c1cc(C)c(C)cc1N. The first-order chi connectivity index (χ1) is 9.23. The van der Waals surface area contributed by atoms with Gasteiger partial charge < -0.3 is 11.1 Å². The molecule has 1 aromatic rings. The number of hydrogen-bond acceptors (Lipinski definition) is 4. The lowest BCUT2D eigenvalue weighted by atomic mass is 10.1. The smallest absolute Gasteiger partial charge is 0.245 e. The second-order valence-corrected chi connectivity index (χ2v) is 6.49. The maximum atomic E-state index is 12.6. The van der Waals surface area contributed by atoms with Crippen LogP contribution in [0.4, 0.5) is 5.69 Å². The van der Waals surface area contributed by atoms with E-state index in [1.807, 2.05) is 13.8 Å². The van der Waals surface area contributed by atoms with E-state index in [4.69, 9.17) is 5.73 Å². The maximum Gasteiger partial charge on any atom is 0.245 e. The van der Waals surface area contributed by atoms with Crippen LogP contribution in [0.1, 0.15) is 18.1 Å². The van der Waals surface area contributed by atoms with Crippen molar-refractivity contribution in [2.24, 2.45) is 0 Å². The molecule has 0 saturated heterocycles. The molecular weight excluding hydrogens is 278 g/mol. The number of anilines is 1. The number of carbonyl (C=O) groups is 1. The molecular formula is C13H21N3O3S. The highest BCUT2D eigenvalue weighted by atomic mass is 32.2. The largest absolute Gasteiger partial charge is 0.398 e. The van der Waals surface area contributed by atoms with Gasteiger partial charge >= 0.3 is 0 Å². The first-order valence-corrected chi connectivity index (χ1v) is 7.75. The highest BCUT2D eigenvalue weighted by molar-refractivity contribution is 7.89. The molecule has 0 aromatic heterocycles. The van der Waals surface area contributed by atoms with Crippen LogP contribution in [-0.4, -0.2) is 38.8 Å². The van der Waals surface area contributed by atoms with Gasteiger partial charge in [0.25, 0.3) is 0 Å². The zero-order valence-corrected chi connectivity index (χ0v) is 13.0. The summed E-state index contributed by atoms with van der Waals surface area (Å²) in [5.41, 5.74) is 7.79. The summed E-state index contributed by atoms with van der Waals surface area (Å²) < 4.78 is 26.2. The number of likely N-dealkylation sites (N-methyl/N-ethyl adjacent to an activating group) is 2. The van der Waals surface area contributed by atoms with Crippen LogP contribution in [0.5, 0.6) is 0 Å². The van der Waals surface area contributed by atoms with Crippen molar-refractivity contribution in [3.8, 4) is 0 Å². The van der Waals surface area contributed by atoms with Crippen LogP contribution in [0.25, 0.3) is 0 Å². The summed E-state index contributed by atoms with van der Waals surface area (Å²) in [6.07, 6.45) is 0. The molecule has 1 aromatic carbocycles. The lowest BCUT2D eigenvalue weighted by Crippen LogP contribution is -2.39. The average Bonchev–Trinajstić information content (AvgIpc) is 2.39. The molecule has 0 atom stereocenters. The van der Waals surface area contributed by atoms with Crippen LogP contribution in [0, 0.1) is 13.8 Å². The average molecular weight is 299 g/mol. The first-order valence-electron chi connectivity index (χ1n) is 6.31. The van der Waals surface area contributed by atoms with Crippen LogP contribution in [0.2, 0.25) is 0 Å². The fourth-order valence-corrected chi connectivity index (χ4v) is 3.37. The Balaban J connectivity index is 3.27. The van der Waals surface area contributed by atoms with Crippen molar-refractivity contribution < 1.29 is 13.2 Å². The molecule has 0 aliphatic rings. The number of nitrogens with one attached hydrogen (secondary N) is 1. The van der Waals surface area contributed by atoms with Gasteiger partial charge in [-0.3, -0.25) is 4.79 Å². The predicted molar refractivity (Wildman–Crippen MR) is 78.8 cm³/mol. The van der Waals surface area contributed by atoms with E-state index in [2.05, 4.69) is 5.32 Å². The van der Waals surface area contributed by atoms with E-state index in [-0.39, 0.29) is 29.6 Å². The van der Waals surface area contributed by atoms with Gasteiger partial charge in [0.05, 0.1) is 12.2 Å². The minimum atomic E-state index is -3.78. The van der Waals surface area contributed by atoms with Crippen molar-refractivity contribution in [3.63, 3.8) is 0 Å². The molecule has 0 aliphatic heterocycles. The second-order valence-electron chi connectivity index (χ2n) is 4.58. The van der Waals surface area contributed by atoms with Gasteiger partial charge in [-0.15, -0.1) is 0 Å². The standard InChI is InChI=1S/C13H21N3O3S/c1-5-16(8-13(17)15-4)20(18,19)12-7-10(3)9(2)6-11(12)14/h6-7H,5,8,14H2,1-4H3,(H,15,17). The summed E-state index contributed by atoms with van der Waals surface area (Å²) in [6.45, 7) is 5.34. The zero-order valence-electron chi connectivity index (χ0n) is 12.2. The fourth-order valence-electron chi connectivity index (χ4n) is 1.78. The first kappa shape index (κ1) is 16.5. The molecule has 0 spiro atoms. The van der Waals surface area contributed by atoms with Gasteiger partial charge in [-0.05, 0) is 37.1 Å². The van der Waals surface area contributed by atoms with Crippen molar-refractivity contribution in [1.82, 2.24) is 9.62 Å². The Labute approximate surface area is 120 Å². The van der Waals surface area contributed by atoms with Crippen molar-refractivity contribution in [2.75, 3.05) is 25.9 Å². The Morgan fingerprint density at radius 1 is 1.30 bits per heavy atom. The van der Waals surface area contributed by atoms with Gasteiger partial charge in [-0.1, -0.05) is 6.92 Å². The Morgan fingerprint density at radius 2 is 1.85 bits per heavy atom. The van der Waals surface area contributed by atoms with E-state index < -0.39 is 10.0 Å². The van der Waals surface area contributed by atoms with Gasteiger partial charge in [0.2, 0.25) is 15.9 Å². The van der Waals surface area contributed by atoms with Gasteiger partial charge in [0.15, 0.2) is 0 Å². The molecule has 1 rings (SSSR count). The molecule has 6 nitrogen and oxygen atoms in total. The third-order valence-corrected chi connectivity index (χ3v) is 5.17. The number of hydrogen-bond donors (Lipinski definition) is 2. The Hall–Kier alpha value is -1.60. The third kappa shape index (κ3) is 3.29. The van der Waals surface area contributed by atoms with Gasteiger partial charge in [-0.25, -0.2) is 8.42 Å². The van der Waals surface area contributed by atoms with Crippen molar-refractivity contribution in [1.29, 1.82) is 0 Å². The number of nitrogens with two attached hydrogens (primary N) is 1. The topological polar surface area (TPSA) is 92.5 Å². The second kappa shape index (κ2) is 6.23. The van der Waals surface area contributed by atoms with Gasteiger partial charge in [-0.2, -0.15) is 4.31 Å². The molecule has 0 aliphatic carbocycles. The van der Waals surface area contributed by atoms with Crippen molar-refractivity contribution in [3.05, 3.63) is 23.3 Å². The number of amides is 1. The van der Waals surface area contributed by atoms with Crippen LogP contribution in [0.15, 0.2) is 17.0 Å². The van der Waals surface area contributed by atoms with Crippen molar-refractivity contribution in [2.45, 2.75) is 25.7 Å². The predicted octanol–water partition coefficient (Wildman–Crippen LogP) is 0.642. The number of rotatable bonds is 5. The lowest BCUT2D eigenvalue weighted by Gasteiger charge is -2.21. The van der Waals surface area contributed by atoms with E-state index in [0.717, 1.165) is 15.4 Å². The van der Waals surface area contributed by atoms with E-state index in [1.54, 1.807) is 19.1 Å². The number of nitrogens with zero attached hydrogens (tertiary/aromatic N) is 1. The number of benzene rings is 1. The summed E-state index contributed by atoms with van der Waals surface area (Å²) >= 11 is 0. The minimum Gasteiger partial charge on any atom is -0.398 e. The van der Waals surface area contributed by atoms with Crippen molar-refractivity contribution >= 4 is 21.6 Å². The summed E-state index contributed by atoms with van der Waals surface area (Å²) in [4.78, 5) is 11.5. The number of nitrogen functional groups attached to an aromatic ring is 1. The van der Waals surface area contributed by atoms with Crippen LogP contribution in [0.3, 0.4) is 0 Å². The zero-order chi connectivity index (χ0) is 15.5. The van der Waals surface area contributed by atoms with E-state index >= 15 is 0 Å². The quantitative estimate of drug-likeness (QED) is 0.780. The molecule has 0 bridgehead atoms. The minimum absolute atomic E-state index is 0.0475. The number of carbonyl (C=O) groups excluding carboxylic acids is 1. The molecule has 112 valence electrons. The van der Waals surface area contributed by atoms with E-state index in [0.29, 0.717) is 0 Å². The molecule has 7 heteroatoms. The summed E-state index contributed by atoms with van der Waals surface area (Å²) in [5, 5.41) is 2.41. The highest BCUT2D eigenvalue weighted by Crippen LogP contribution is 2.25. The normalized spacial score (nSPS) is 11.7. The fraction of sp³-hybridized carbons (Fsp3) is 0.462. The van der Waals surface area contributed by atoms with Gasteiger partial charge in [0.1, 0.15) is 4.90 Å². The molecule has 0 radical (unpaired) electrons. The van der Waals surface area contributed by atoms with Crippen LogP contribution in [-0.2, 0) is 14.8 Å². The molecule has 0 fully saturated rings. The summed E-state index contributed by atoms with van der Waals surface area (Å²) in [6, 6.07) is 3.18. The highest BCUT2D eigenvalue weighted by Gasteiger charge is 2.27. The molecule has 0 saturated carbocycles. The monoisotopic (exact) mass is 299 g/mol. The number of aryl methyl sites for hydroxylation is 2. The molecule has 1 amide bonds. The molecule has 0 unspecified atom stereocenters. The lowest BCUT2D eigenvalue weighted by molar-refractivity contribution is -0.120. The number of sulfonamides is 1. The Kier molecular flexibility index (Phi) is 5.13. The van der Waals surface area contributed by atoms with E-state index in [9.17, 15) is 13.2 Å². The van der Waals surface area contributed by atoms with Crippen LogP contribution >= 0.6 is 0 Å². The van der Waals surface area contributed by atoms with E-state index in [1.165, 1.54) is 7.05 Å². The van der Waals surface area contributed by atoms with Crippen LogP contribution < -0.4 is 11.1 Å². The molecule has 0 heterocycles. The third-order valence-electron chi connectivity index (χ3n) is 3.20. The summed E-state index contributed by atoms with van der Waals surface area (Å²) in [5.74, 6) is -0.363. The summed E-state index contributed by atoms with van der Waals surface area (Å²) in [7, 11) is -2.31. The molecule has 20 heavy (non-hydrogen) atoms.